The minimum absolute atomic E-state index is 0.0209. The van der Waals surface area contributed by atoms with Crippen molar-refractivity contribution < 1.29 is 10.2 Å². The third-order valence-electron chi connectivity index (χ3n) is 8.68. The van der Waals surface area contributed by atoms with Crippen molar-refractivity contribution in [2.45, 2.75) is 83.5 Å². The van der Waals surface area contributed by atoms with Crippen LogP contribution in [0.5, 0.6) is 0 Å². The van der Waals surface area contributed by atoms with Crippen molar-refractivity contribution in [1.29, 1.82) is 0 Å². The Morgan fingerprint density at radius 3 is 2.36 bits per heavy atom. The molecule has 126 valence electrons. The van der Waals surface area contributed by atoms with Gasteiger partial charge in [-0.15, -0.1) is 0 Å². The Balaban J connectivity index is 1.63. The van der Waals surface area contributed by atoms with E-state index >= 15 is 0 Å². The average molecular weight is 307 g/mol. The molecule has 0 aliphatic heterocycles. The highest BCUT2D eigenvalue weighted by Gasteiger charge is 2.61. The van der Waals surface area contributed by atoms with E-state index in [1.165, 1.54) is 25.7 Å². The van der Waals surface area contributed by atoms with Gasteiger partial charge in [-0.25, -0.2) is 0 Å². The molecule has 0 saturated heterocycles. The smallest absolute Gasteiger partial charge is 0.0747 e. The molecule has 0 aromatic carbocycles. The summed E-state index contributed by atoms with van der Waals surface area (Å²) in [6, 6.07) is -0.0209. The first-order chi connectivity index (χ1) is 10.4. The first-order valence-corrected chi connectivity index (χ1v) is 9.48. The van der Waals surface area contributed by atoms with Crippen molar-refractivity contribution in [3.05, 3.63) is 0 Å². The van der Waals surface area contributed by atoms with E-state index in [0.717, 1.165) is 37.5 Å². The number of hydrogen-bond donors (Lipinski definition) is 3. The second-order valence-corrected chi connectivity index (χ2v) is 9.47. The van der Waals surface area contributed by atoms with E-state index in [-0.39, 0.29) is 23.7 Å². The maximum Gasteiger partial charge on any atom is 0.0747 e. The Hall–Kier alpha value is -0.120. The molecule has 0 unspecified atom stereocenters. The van der Waals surface area contributed by atoms with Crippen molar-refractivity contribution in [2.75, 3.05) is 0 Å². The summed E-state index contributed by atoms with van der Waals surface area (Å²) in [6.07, 6.45) is 8.79. The topological polar surface area (TPSA) is 66.5 Å². The number of hydrogen-bond acceptors (Lipinski definition) is 3. The molecule has 4 N–H and O–H groups in total. The zero-order valence-electron chi connectivity index (χ0n) is 14.2. The molecule has 0 aromatic heterocycles. The Labute approximate surface area is 134 Å². The maximum atomic E-state index is 10.6. The van der Waals surface area contributed by atoms with E-state index in [0.29, 0.717) is 17.3 Å². The summed E-state index contributed by atoms with van der Waals surface area (Å²) in [5, 5.41) is 20.7. The second kappa shape index (κ2) is 4.94. The van der Waals surface area contributed by atoms with Crippen molar-refractivity contribution >= 4 is 0 Å². The Kier molecular flexibility index (Phi) is 3.46. The quantitative estimate of drug-likeness (QED) is 0.644. The summed E-state index contributed by atoms with van der Waals surface area (Å²) in [4.78, 5) is 0. The normalized spacial score (nSPS) is 61.2. The predicted molar refractivity (Wildman–Crippen MR) is 87.1 cm³/mol. The molecular formula is C19H33NO2. The van der Waals surface area contributed by atoms with E-state index in [1.54, 1.807) is 0 Å². The van der Waals surface area contributed by atoms with Gasteiger partial charge in [-0.1, -0.05) is 13.8 Å². The second-order valence-electron chi connectivity index (χ2n) is 9.47. The molecule has 0 amide bonds. The van der Waals surface area contributed by atoms with Crippen LogP contribution >= 0.6 is 0 Å². The summed E-state index contributed by atoms with van der Waals surface area (Å²) >= 11 is 0. The summed E-state index contributed by atoms with van der Waals surface area (Å²) in [5.74, 6) is 2.86. The van der Waals surface area contributed by atoms with Crippen LogP contribution in [-0.4, -0.2) is 28.5 Å². The third-order valence-corrected chi connectivity index (χ3v) is 8.68. The molecule has 0 bridgehead atoms. The van der Waals surface area contributed by atoms with Crippen LogP contribution in [0.4, 0.5) is 0 Å². The Morgan fingerprint density at radius 1 is 0.864 bits per heavy atom. The highest BCUT2D eigenvalue weighted by atomic mass is 16.3. The molecule has 9 atom stereocenters. The molecule has 3 nitrogen and oxygen atoms in total. The molecule has 22 heavy (non-hydrogen) atoms. The van der Waals surface area contributed by atoms with Crippen LogP contribution in [0.15, 0.2) is 0 Å². The summed E-state index contributed by atoms with van der Waals surface area (Å²) in [7, 11) is 0. The van der Waals surface area contributed by atoms with E-state index < -0.39 is 0 Å². The average Bonchev–Trinajstić information content (AvgIpc) is 2.72. The monoisotopic (exact) mass is 307 g/mol. The Morgan fingerprint density at radius 2 is 1.59 bits per heavy atom. The lowest BCUT2D eigenvalue weighted by Gasteiger charge is -2.60. The van der Waals surface area contributed by atoms with Crippen LogP contribution in [0.25, 0.3) is 0 Å². The molecule has 4 aliphatic carbocycles. The van der Waals surface area contributed by atoms with Crippen LogP contribution < -0.4 is 5.73 Å². The van der Waals surface area contributed by atoms with Crippen LogP contribution in [-0.2, 0) is 0 Å². The molecule has 0 radical (unpaired) electrons. The SMILES string of the molecule is C[C@]12CC[C@@H](O)C[C@@H]1CC[C@@H]1[C@@H]2CC[C@]2(C)[C@@H](O)[C@H](N)C[C@@H]12. The van der Waals surface area contributed by atoms with Crippen molar-refractivity contribution in [3.63, 3.8) is 0 Å². The fraction of sp³-hybridized carbons (Fsp3) is 1.00. The van der Waals surface area contributed by atoms with Gasteiger partial charge in [0.2, 0.25) is 0 Å². The molecule has 4 aliphatic rings. The summed E-state index contributed by atoms with van der Waals surface area (Å²) < 4.78 is 0. The minimum Gasteiger partial charge on any atom is -0.393 e. The molecule has 3 heteroatoms. The van der Waals surface area contributed by atoms with Gasteiger partial charge in [0.1, 0.15) is 0 Å². The molecule has 0 spiro atoms. The first kappa shape index (κ1) is 15.4. The minimum atomic E-state index is -0.308. The van der Waals surface area contributed by atoms with Gasteiger partial charge in [-0.05, 0) is 85.9 Å². The van der Waals surface area contributed by atoms with Crippen molar-refractivity contribution in [3.8, 4) is 0 Å². The highest BCUT2D eigenvalue weighted by Crippen LogP contribution is 2.65. The van der Waals surface area contributed by atoms with E-state index in [2.05, 4.69) is 13.8 Å². The van der Waals surface area contributed by atoms with Gasteiger partial charge in [0.05, 0.1) is 12.2 Å². The van der Waals surface area contributed by atoms with Gasteiger partial charge in [0.25, 0.3) is 0 Å². The van der Waals surface area contributed by atoms with Crippen molar-refractivity contribution in [2.24, 2.45) is 40.2 Å². The first-order valence-electron chi connectivity index (χ1n) is 9.48. The Bertz CT molecular complexity index is 455. The van der Waals surface area contributed by atoms with Crippen LogP contribution in [0.1, 0.15) is 65.2 Å². The van der Waals surface area contributed by atoms with Gasteiger partial charge in [-0.2, -0.15) is 0 Å². The molecule has 0 aromatic rings. The van der Waals surface area contributed by atoms with Crippen LogP contribution in [0.2, 0.25) is 0 Å². The van der Waals surface area contributed by atoms with E-state index in [1.807, 2.05) is 0 Å². The summed E-state index contributed by atoms with van der Waals surface area (Å²) in [5.41, 5.74) is 6.72. The largest absolute Gasteiger partial charge is 0.393 e. The number of nitrogens with two attached hydrogens (primary N) is 1. The number of aliphatic hydroxyl groups is 2. The standard InChI is InChI=1S/C19H33NO2/c1-18-7-5-12(21)9-11(18)3-4-13-14(18)6-8-19(2)15(13)10-16(20)17(19)22/h11-17,21-22H,3-10,20H2,1-2H3/t11-,12+,13+,14-,15-,16+,17-,18-,19-/m0/s1. The van der Waals surface area contributed by atoms with Gasteiger partial charge in [-0.3, -0.25) is 0 Å². The fourth-order valence-electron chi connectivity index (χ4n) is 7.31. The highest BCUT2D eigenvalue weighted by molar-refractivity contribution is 5.12. The number of fused-ring (bicyclic) bond motifs is 5. The number of rotatable bonds is 0. The molecule has 0 heterocycles. The van der Waals surface area contributed by atoms with Gasteiger partial charge >= 0.3 is 0 Å². The molecule has 4 saturated carbocycles. The predicted octanol–water partition coefficient (Wildman–Crippen LogP) is 2.69. The van der Waals surface area contributed by atoms with Crippen LogP contribution in [0, 0.1) is 34.5 Å². The number of aliphatic hydroxyl groups excluding tert-OH is 2. The fourth-order valence-corrected chi connectivity index (χ4v) is 7.31. The molecule has 4 rings (SSSR count). The maximum absolute atomic E-state index is 10.6. The zero-order chi connectivity index (χ0) is 15.7. The van der Waals surface area contributed by atoms with Crippen LogP contribution in [0.3, 0.4) is 0 Å². The lowest BCUT2D eigenvalue weighted by atomic mass is 9.45. The molecule has 4 fully saturated rings. The lowest BCUT2D eigenvalue weighted by molar-refractivity contribution is -0.134. The van der Waals surface area contributed by atoms with Gasteiger partial charge < -0.3 is 15.9 Å². The third kappa shape index (κ3) is 1.91. The zero-order valence-corrected chi connectivity index (χ0v) is 14.2. The van der Waals surface area contributed by atoms with Crippen molar-refractivity contribution in [1.82, 2.24) is 0 Å². The van der Waals surface area contributed by atoms with Gasteiger partial charge in [0.15, 0.2) is 0 Å². The van der Waals surface area contributed by atoms with E-state index in [9.17, 15) is 10.2 Å². The summed E-state index contributed by atoms with van der Waals surface area (Å²) in [6.45, 7) is 4.80. The molecular weight excluding hydrogens is 274 g/mol. The van der Waals surface area contributed by atoms with E-state index in [4.69, 9.17) is 5.73 Å². The lowest BCUT2D eigenvalue weighted by Crippen LogP contribution is -2.54. The van der Waals surface area contributed by atoms with Gasteiger partial charge in [0, 0.05) is 6.04 Å².